The minimum atomic E-state index is -0.278. The highest BCUT2D eigenvalue weighted by molar-refractivity contribution is 7.15. The summed E-state index contributed by atoms with van der Waals surface area (Å²) in [6, 6.07) is 8.77. The molecule has 8 nitrogen and oxygen atoms in total. The predicted octanol–water partition coefficient (Wildman–Crippen LogP) is 2.18. The lowest BCUT2D eigenvalue weighted by molar-refractivity contribution is -0.117. The van der Waals surface area contributed by atoms with Crippen molar-refractivity contribution in [2.24, 2.45) is 0 Å². The van der Waals surface area contributed by atoms with E-state index in [1.807, 2.05) is 0 Å². The molecule has 0 spiro atoms. The van der Waals surface area contributed by atoms with Crippen LogP contribution in [0.4, 0.5) is 10.8 Å². The van der Waals surface area contributed by atoms with Crippen LogP contribution in [0.1, 0.15) is 21.1 Å². The molecule has 0 saturated carbocycles. The third-order valence-electron chi connectivity index (χ3n) is 4.24. The third kappa shape index (κ3) is 4.38. The molecule has 0 bridgehead atoms. The van der Waals surface area contributed by atoms with Crippen molar-refractivity contribution in [3.05, 3.63) is 65.2 Å². The van der Waals surface area contributed by atoms with Crippen LogP contribution in [0.3, 0.4) is 0 Å². The topological polar surface area (TPSA) is 100 Å². The first-order valence-corrected chi connectivity index (χ1v) is 9.62. The molecule has 2 amide bonds. The second-order valence-corrected chi connectivity index (χ2v) is 7.39. The number of nitrogens with one attached hydrogen (secondary N) is 2. The number of nitrogens with zero attached hydrogens (tertiary/aromatic N) is 4. The van der Waals surface area contributed by atoms with E-state index in [9.17, 15) is 9.59 Å². The fourth-order valence-electron chi connectivity index (χ4n) is 2.94. The van der Waals surface area contributed by atoms with Crippen molar-refractivity contribution < 1.29 is 9.59 Å². The fraction of sp³-hybridized carbons (Fsp3) is 0.211. The maximum absolute atomic E-state index is 12.2. The van der Waals surface area contributed by atoms with E-state index in [2.05, 4.69) is 30.5 Å². The molecule has 0 radical (unpaired) electrons. The zero-order valence-corrected chi connectivity index (χ0v) is 15.8. The predicted molar refractivity (Wildman–Crippen MR) is 106 cm³/mol. The van der Waals surface area contributed by atoms with Gasteiger partial charge in [-0.15, -0.1) is 11.3 Å². The van der Waals surface area contributed by atoms with Crippen molar-refractivity contribution in [3.63, 3.8) is 0 Å². The van der Waals surface area contributed by atoms with Crippen molar-refractivity contribution in [2.75, 3.05) is 23.7 Å². The smallest absolute Gasteiger partial charge is 0.276 e. The highest BCUT2D eigenvalue weighted by Gasteiger charge is 2.23. The SMILES string of the molecule is O=C(CN1CCc2nc(NC(=O)c3ccccn3)sc2C1)Nc1cccnc1. The lowest BCUT2D eigenvalue weighted by Crippen LogP contribution is -2.36. The number of hydrogen-bond acceptors (Lipinski definition) is 7. The third-order valence-corrected chi connectivity index (χ3v) is 5.24. The number of carbonyl (C=O) groups is 2. The van der Waals surface area contributed by atoms with E-state index in [0.29, 0.717) is 29.6 Å². The average Bonchev–Trinajstić information content (AvgIpc) is 3.10. The summed E-state index contributed by atoms with van der Waals surface area (Å²) < 4.78 is 0. The molecule has 142 valence electrons. The summed E-state index contributed by atoms with van der Waals surface area (Å²) in [6.07, 6.45) is 5.60. The summed E-state index contributed by atoms with van der Waals surface area (Å²) in [4.78, 5) is 40.2. The number of thiazole rings is 1. The van der Waals surface area contributed by atoms with Crippen molar-refractivity contribution in [1.29, 1.82) is 0 Å². The monoisotopic (exact) mass is 394 g/mol. The molecule has 9 heteroatoms. The number of hydrogen-bond donors (Lipinski definition) is 2. The second kappa shape index (κ2) is 8.24. The molecule has 1 aliphatic heterocycles. The Bertz CT molecular complexity index is 977. The van der Waals surface area contributed by atoms with Gasteiger partial charge in [0.25, 0.3) is 5.91 Å². The zero-order valence-electron chi connectivity index (χ0n) is 15.0. The second-order valence-electron chi connectivity index (χ2n) is 6.31. The van der Waals surface area contributed by atoms with Crippen LogP contribution in [0, 0.1) is 0 Å². The molecule has 1 aliphatic rings. The molecular weight excluding hydrogens is 376 g/mol. The number of amides is 2. The maximum Gasteiger partial charge on any atom is 0.276 e. The van der Waals surface area contributed by atoms with Crippen molar-refractivity contribution in [1.82, 2.24) is 19.9 Å². The van der Waals surface area contributed by atoms with Gasteiger partial charge < -0.3 is 5.32 Å². The fourth-order valence-corrected chi connectivity index (χ4v) is 3.98. The minimum absolute atomic E-state index is 0.0790. The van der Waals surface area contributed by atoms with Crippen LogP contribution in [0.15, 0.2) is 48.9 Å². The molecule has 3 aromatic heterocycles. The Morgan fingerprint density at radius 3 is 2.86 bits per heavy atom. The lowest BCUT2D eigenvalue weighted by Gasteiger charge is -2.25. The number of anilines is 2. The van der Waals surface area contributed by atoms with Crippen molar-refractivity contribution >= 4 is 34.0 Å². The molecule has 0 saturated heterocycles. The highest BCUT2D eigenvalue weighted by atomic mass is 32.1. The highest BCUT2D eigenvalue weighted by Crippen LogP contribution is 2.28. The minimum Gasteiger partial charge on any atom is -0.324 e. The number of rotatable bonds is 5. The van der Waals surface area contributed by atoms with Gasteiger partial charge in [-0.25, -0.2) is 4.98 Å². The molecule has 4 heterocycles. The summed E-state index contributed by atoms with van der Waals surface area (Å²) in [6.45, 7) is 1.67. The normalized spacial score (nSPS) is 13.6. The number of pyridine rings is 2. The van der Waals surface area contributed by atoms with Crippen LogP contribution < -0.4 is 10.6 Å². The summed E-state index contributed by atoms with van der Waals surface area (Å²) >= 11 is 1.44. The summed E-state index contributed by atoms with van der Waals surface area (Å²) in [5.41, 5.74) is 2.01. The number of carbonyl (C=O) groups excluding carboxylic acids is 2. The van der Waals surface area contributed by atoms with E-state index in [0.717, 1.165) is 23.5 Å². The van der Waals surface area contributed by atoms with Gasteiger partial charge in [0.05, 0.1) is 24.1 Å². The first-order chi connectivity index (χ1) is 13.7. The number of aromatic nitrogens is 3. The summed E-state index contributed by atoms with van der Waals surface area (Å²) in [7, 11) is 0. The van der Waals surface area contributed by atoms with Gasteiger partial charge >= 0.3 is 0 Å². The van der Waals surface area contributed by atoms with Gasteiger partial charge in [0.2, 0.25) is 5.91 Å². The van der Waals surface area contributed by atoms with Crippen molar-refractivity contribution in [2.45, 2.75) is 13.0 Å². The van der Waals surface area contributed by atoms with E-state index >= 15 is 0 Å². The molecule has 0 atom stereocenters. The lowest BCUT2D eigenvalue weighted by atomic mass is 10.2. The molecular formula is C19H18N6O2S. The molecule has 0 aromatic carbocycles. The van der Waals surface area contributed by atoms with Crippen LogP contribution in [0.5, 0.6) is 0 Å². The molecule has 28 heavy (non-hydrogen) atoms. The van der Waals surface area contributed by atoms with Crippen LogP contribution in [0.2, 0.25) is 0 Å². The first kappa shape index (κ1) is 18.2. The molecule has 0 unspecified atom stereocenters. The maximum atomic E-state index is 12.2. The first-order valence-electron chi connectivity index (χ1n) is 8.80. The Kier molecular flexibility index (Phi) is 5.36. The Hall–Kier alpha value is -3.17. The van der Waals surface area contributed by atoms with Crippen LogP contribution in [-0.4, -0.2) is 44.8 Å². The summed E-state index contributed by atoms with van der Waals surface area (Å²) in [5, 5.41) is 6.21. The molecule has 3 aromatic rings. The van der Waals surface area contributed by atoms with Gasteiger partial charge in [-0.2, -0.15) is 0 Å². The average molecular weight is 394 g/mol. The van der Waals surface area contributed by atoms with E-state index in [1.54, 1.807) is 48.9 Å². The molecule has 2 N–H and O–H groups in total. The van der Waals surface area contributed by atoms with Gasteiger partial charge in [0.15, 0.2) is 5.13 Å². The molecule has 0 fully saturated rings. The zero-order chi connectivity index (χ0) is 19.3. The largest absolute Gasteiger partial charge is 0.324 e. The van der Waals surface area contributed by atoms with Gasteiger partial charge in [0, 0.05) is 36.8 Å². The van der Waals surface area contributed by atoms with Gasteiger partial charge in [-0.1, -0.05) is 6.07 Å². The van der Waals surface area contributed by atoms with Crippen molar-refractivity contribution in [3.8, 4) is 0 Å². The van der Waals surface area contributed by atoms with Gasteiger partial charge in [-0.3, -0.25) is 29.8 Å². The van der Waals surface area contributed by atoms with Crippen LogP contribution >= 0.6 is 11.3 Å². The van der Waals surface area contributed by atoms with Gasteiger partial charge in [0.1, 0.15) is 5.69 Å². The van der Waals surface area contributed by atoms with E-state index in [1.165, 1.54) is 11.3 Å². The van der Waals surface area contributed by atoms with Crippen LogP contribution in [-0.2, 0) is 17.8 Å². The van der Waals surface area contributed by atoms with Crippen LogP contribution in [0.25, 0.3) is 0 Å². The van der Waals surface area contributed by atoms with E-state index in [-0.39, 0.29) is 11.8 Å². The Labute approximate surface area is 165 Å². The van der Waals surface area contributed by atoms with E-state index < -0.39 is 0 Å². The Morgan fingerprint density at radius 2 is 2.07 bits per heavy atom. The molecule has 4 rings (SSSR count). The molecule has 0 aliphatic carbocycles. The number of fused-ring (bicyclic) bond motifs is 1. The van der Waals surface area contributed by atoms with E-state index in [4.69, 9.17) is 0 Å². The van der Waals surface area contributed by atoms with Gasteiger partial charge in [-0.05, 0) is 24.3 Å². The Balaban J connectivity index is 1.35. The standard InChI is InChI=1S/C19H18N6O2S/c26-17(22-13-4-3-7-20-10-13)12-25-9-6-14-16(11-25)28-19(23-14)24-18(27)15-5-1-2-8-21-15/h1-5,7-8,10H,6,9,11-12H2,(H,22,26)(H,23,24,27). The summed E-state index contributed by atoms with van der Waals surface area (Å²) in [5.74, 6) is -0.357. The Morgan fingerprint density at radius 1 is 1.14 bits per heavy atom. The quantitative estimate of drug-likeness (QED) is 0.688.